The third-order valence-corrected chi connectivity index (χ3v) is 3.84. The first-order valence-corrected chi connectivity index (χ1v) is 6.92. The number of aromatic hydroxyl groups is 3. The predicted molar refractivity (Wildman–Crippen MR) is 78.5 cm³/mol. The first kappa shape index (κ1) is 14.4. The van der Waals surface area contributed by atoms with E-state index in [0.29, 0.717) is 0 Å². The maximum absolute atomic E-state index is 11.7. The smallest absolute Gasteiger partial charge is 0.271 e. The summed E-state index contributed by atoms with van der Waals surface area (Å²) in [6.07, 6.45) is 1.47. The van der Waals surface area contributed by atoms with Gasteiger partial charge < -0.3 is 15.3 Å². The van der Waals surface area contributed by atoms with Gasteiger partial charge in [-0.3, -0.25) is 4.79 Å². The van der Waals surface area contributed by atoms with E-state index in [2.05, 4.69) is 26.5 Å². The number of nitrogens with one attached hydrogen (secondary N) is 1. The molecule has 1 aromatic carbocycles. The third-order valence-electron chi connectivity index (χ3n) is 2.28. The molecule has 0 aliphatic rings. The fourth-order valence-electron chi connectivity index (χ4n) is 1.35. The lowest BCUT2D eigenvalue weighted by molar-refractivity contribution is 0.0954. The van der Waals surface area contributed by atoms with Crippen LogP contribution in [0, 0.1) is 0 Å². The van der Waals surface area contributed by atoms with E-state index in [1.807, 2.05) is 12.1 Å². The van der Waals surface area contributed by atoms with Crippen LogP contribution in [0.3, 0.4) is 0 Å². The SMILES string of the molecule is O=C(N/N=C\c1ccc(Br)s1)c1cc(O)c(O)c(O)c1. The van der Waals surface area contributed by atoms with Crippen molar-refractivity contribution in [2.24, 2.45) is 5.10 Å². The monoisotopic (exact) mass is 356 g/mol. The van der Waals surface area contributed by atoms with E-state index in [1.165, 1.54) is 17.6 Å². The zero-order valence-electron chi connectivity index (χ0n) is 9.87. The molecule has 0 saturated carbocycles. The standard InChI is InChI=1S/C12H9BrN2O4S/c13-10-2-1-7(20-10)5-14-15-12(19)6-3-8(16)11(18)9(17)4-6/h1-5,16-18H,(H,15,19)/b14-5-. The quantitative estimate of drug-likeness (QED) is 0.385. The summed E-state index contributed by atoms with van der Waals surface area (Å²) < 4.78 is 0.943. The second kappa shape index (κ2) is 5.93. The number of rotatable bonds is 3. The fourth-order valence-corrected chi connectivity index (χ4v) is 2.65. The average Bonchev–Trinajstić information content (AvgIpc) is 2.81. The molecule has 2 rings (SSSR count). The molecule has 104 valence electrons. The molecule has 0 aliphatic heterocycles. The number of hydrogen-bond donors (Lipinski definition) is 4. The summed E-state index contributed by atoms with van der Waals surface area (Å²) in [5.74, 6) is -2.46. The second-order valence-electron chi connectivity index (χ2n) is 3.70. The van der Waals surface area contributed by atoms with Gasteiger partial charge in [-0.2, -0.15) is 5.10 Å². The first-order valence-electron chi connectivity index (χ1n) is 5.31. The van der Waals surface area contributed by atoms with Crippen molar-refractivity contribution in [3.05, 3.63) is 38.5 Å². The van der Waals surface area contributed by atoms with Gasteiger partial charge in [-0.1, -0.05) is 0 Å². The molecule has 0 bridgehead atoms. The Morgan fingerprint density at radius 2 is 1.90 bits per heavy atom. The summed E-state index contributed by atoms with van der Waals surface area (Å²) in [6, 6.07) is 5.73. The molecule has 8 heteroatoms. The van der Waals surface area contributed by atoms with Crippen molar-refractivity contribution in [1.29, 1.82) is 0 Å². The Morgan fingerprint density at radius 3 is 2.45 bits per heavy atom. The molecular formula is C12H9BrN2O4S. The Bertz CT molecular complexity index is 661. The van der Waals surface area contributed by atoms with Crippen molar-refractivity contribution < 1.29 is 20.1 Å². The molecular weight excluding hydrogens is 348 g/mol. The number of halogens is 1. The highest BCUT2D eigenvalue weighted by molar-refractivity contribution is 9.11. The molecule has 0 fully saturated rings. The molecule has 0 saturated heterocycles. The maximum atomic E-state index is 11.7. The van der Waals surface area contributed by atoms with Gasteiger partial charge in [-0.05, 0) is 40.2 Å². The van der Waals surface area contributed by atoms with Crippen LogP contribution in [0.1, 0.15) is 15.2 Å². The second-order valence-corrected chi connectivity index (χ2v) is 6.20. The molecule has 2 aromatic rings. The van der Waals surface area contributed by atoms with Gasteiger partial charge in [-0.15, -0.1) is 11.3 Å². The number of phenolic OH excluding ortho intramolecular Hbond substituents is 3. The highest BCUT2D eigenvalue weighted by atomic mass is 79.9. The van der Waals surface area contributed by atoms with Crippen molar-refractivity contribution >= 4 is 39.4 Å². The molecule has 0 spiro atoms. The van der Waals surface area contributed by atoms with Gasteiger partial charge in [-0.25, -0.2) is 5.43 Å². The Labute approximate surface area is 126 Å². The van der Waals surface area contributed by atoms with Crippen molar-refractivity contribution in [3.63, 3.8) is 0 Å². The summed E-state index contributed by atoms with van der Waals surface area (Å²) in [5.41, 5.74) is 2.22. The Balaban J connectivity index is 2.07. The summed E-state index contributed by atoms with van der Waals surface area (Å²) in [7, 11) is 0. The summed E-state index contributed by atoms with van der Waals surface area (Å²) >= 11 is 4.75. The molecule has 0 aliphatic carbocycles. The maximum Gasteiger partial charge on any atom is 0.271 e. The van der Waals surface area contributed by atoms with Gasteiger partial charge in [0.15, 0.2) is 17.2 Å². The largest absolute Gasteiger partial charge is 0.504 e. The number of thiophene rings is 1. The summed E-state index contributed by atoms with van der Waals surface area (Å²) in [5, 5.41) is 31.5. The van der Waals surface area contributed by atoms with Crippen molar-refractivity contribution in [1.82, 2.24) is 5.43 Å². The van der Waals surface area contributed by atoms with E-state index >= 15 is 0 Å². The molecule has 0 atom stereocenters. The number of carbonyl (C=O) groups excluding carboxylic acids is 1. The van der Waals surface area contributed by atoms with Gasteiger partial charge >= 0.3 is 0 Å². The highest BCUT2D eigenvalue weighted by Gasteiger charge is 2.12. The zero-order valence-corrected chi connectivity index (χ0v) is 12.3. The van der Waals surface area contributed by atoms with Gasteiger partial charge in [0.05, 0.1) is 10.0 Å². The van der Waals surface area contributed by atoms with Gasteiger partial charge in [0.1, 0.15) is 0 Å². The minimum absolute atomic E-state index is 0.0256. The van der Waals surface area contributed by atoms with Crippen LogP contribution >= 0.6 is 27.3 Å². The number of carbonyl (C=O) groups is 1. The van der Waals surface area contributed by atoms with Crippen molar-refractivity contribution in [2.75, 3.05) is 0 Å². The van der Waals surface area contributed by atoms with E-state index < -0.39 is 23.2 Å². The molecule has 6 nitrogen and oxygen atoms in total. The summed E-state index contributed by atoms with van der Waals surface area (Å²) in [6.45, 7) is 0. The van der Waals surface area contributed by atoms with Crippen molar-refractivity contribution in [2.45, 2.75) is 0 Å². The van der Waals surface area contributed by atoms with Crippen LogP contribution in [0.4, 0.5) is 0 Å². The van der Waals surface area contributed by atoms with E-state index in [1.54, 1.807) is 0 Å². The van der Waals surface area contributed by atoms with Gasteiger partial charge in [0.2, 0.25) is 0 Å². The zero-order chi connectivity index (χ0) is 14.7. The molecule has 0 radical (unpaired) electrons. The van der Waals surface area contributed by atoms with Crippen LogP contribution in [-0.4, -0.2) is 27.4 Å². The molecule has 1 heterocycles. The van der Waals surface area contributed by atoms with Crippen LogP contribution in [0.25, 0.3) is 0 Å². The fraction of sp³-hybridized carbons (Fsp3) is 0. The number of nitrogens with zero attached hydrogens (tertiary/aromatic N) is 1. The lowest BCUT2D eigenvalue weighted by Gasteiger charge is -2.04. The Kier molecular flexibility index (Phi) is 4.26. The number of hydrogen-bond acceptors (Lipinski definition) is 6. The van der Waals surface area contributed by atoms with Gasteiger partial charge in [0.25, 0.3) is 5.91 Å². The van der Waals surface area contributed by atoms with E-state index in [9.17, 15) is 20.1 Å². The predicted octanol–water partition coefficient (Wildman–Crippen LogP) is 2.39. The van der Waals surface area contributed by atoms with Crippen molar-refractivity contribution in [3.8, 4) is 17.2 Å². The van der Waals surface area contributed by atoms with Crippen LogP contribution in [0.2, 0.25) is 0 Å². The van der Waals surface area contributed by atoms with Gasteiger partial charge in [0, 0.05) is 10.4 Å². The van der Waals surface area contributed by atoms with E-state index in [-0.39, 0.29) is 5.56 Å². The minimum atomic E-state index is -0.673. The van der Waals surface area contributed by atoms with E-state index in [0.717, 1.165) is 20.8 Å². The van der Waals surface area contributed by atoms with Crippen LogP contribution in [-0.2, 0) is 0 Å². The topological polar surface area (TPSA) is 102 Å². The Hall–Kier alpha value is -2.06. The molecule has 0 unspecified atom stereocenters. The number of phenols is 3. The third kappa shape index (κ3) is 3.28. The van der Waals surface area contributed by atoms with Crippen LogP contribution in [0.5, 0.6) is 17.2 Å². The molecule has 1 amide bonds. The molecule has 20 heavy (non-hydrogen) atoms. The molecule has 4 N–H and O–H groups in total. The number of amides is 1. The number of hydrazone groups is 1. The minimum Gasteiger partial charge on any atom is -0.504 e. The van der Waals surface area contributed by atoms with Crippen LogP contribution < -0.4 is 5.43 Å². The lowest BCUT2D eigenvalue weighted by atomic mass is 10.2. The Morgan fingerprint density at radius 1 is 1.25 bits per heavy atom. The average molecular weight is 357 g/mol. The number of benzene rings is 1. The molecule has 1 aromatic heterocycles. The lowest BCUT2D eigenvalue weighted by Crippen LogP contribution is -2.17. The van der Waals surface area contributed by atoms with E-state index in [4.69, 9.17) is 0 Å². The highest BCUT2D eigenvalue weighted by Crippen LogP contribution is 2.35. The van der Waals surface area contributed by atoms with Crippen LogP contribution in [0.15, 0.2) is 33.2 Å². The first-order chi connectivity index (χ1) is 9.47. The normalized spacial score (nSPS) is 10.8. The summed E-state index contributed by atoms with van der Waals surface area (Å²) in [4.78, 5) is 12.6.